The molecule has 154 valence electrons. The average Bonchev–Trinajstić information content (AvgIpc) is 3.25. The predicted octanol–water partition coefficient (Wildman–Crippen LogP) is 3.37. The van der Waals surface area contributed by atoms with E-state index in [9.17, 15) is 4.79 Å². The Morgan fingerprint density at radius 3 is 2.70 bits per heavy atom. The monoisotopic (exact) mass is 403 g/mol. The lowest BCUT2D eigenvalue weighted by molar-refractivity contribution is -0.116. The van der Waals surface area contributed by atoms with Crippen molar-refractivity contribution in [2.45, 2.75) is 47.0 Å². The second-order valence-electron chi connectivity index (χ2n) is 7.37. The fourth-order valence-corrected chi connectivity index (χ4v) is 3.59. The molecule has 8 heteroatoms. The molecule has 0 aliphatic heterocycles. The van der Waals surface area contributed by atoms with Crippen LogP contribution in [-0.2, 0) is 17.6 Å². The van der Waals surface area contributed by atoms with Crippen molar-refractivity contribution < 1.29 is 4.79 Å². The van der Waals surface area contributed by atoms with E-state index in [1.54, 1.807) is 4.52 Å². The number of fused-ring (bicyclic) bond motifs is 1. The number of amides is 1. The molecule has 0 aliphatic carbocycles. The van der Waals surface area contributed by atoms with Crippen LogP contribution < -0.4 is 5.32 Å². The zero-order valence-corrected chi connectivity index (χ0v) is 17.7. The van der Waals surface area contributed by atoms with E-state index in [0.717, 1.165) is 34.9 Å². The fraction of sp³-hybridized carbons (Fsp3) is 0.318. The first kappa shape index (κ1) is 19.8. The molecule has 4 rings (SSSR count). The molecule has 1 aromatic carbocycles. The van der Waals surface area contributed by atoms with Crippen LogP contribution >= 0.6 is 0 Å². The van der Waals surface area contributed by atoms with Gasteiger partial charge in [-0.15, -0.1) is 15.3 Å². The molecule has 8 nitrogen and oxygen atoms in total. The van der Waals surface area contributed by atoms with Gasteiger partial charge in [-0.3, -0.25) is 4.79 Å². The van der Waals surface area contributed by atoms with E-state index in [2.05, 4.69) is 38.7 Å². The third-order valence-corrected chi connectivity index (χ3v) is 5.28. The van der Waals surface area contributed by atoms with E-state index in [1.807, 2.05) is 55.8 Å². The van der Waals surface area contributed by atoms with Gasteiger partial charge >= 0.3 is 0 Å². The van der Waals surface area contributed by atoms with Crippen LogP contribution in [0.1, 0.15) is 41.7 Å². The Balaban J connectivity index is 1.50. The molecule has 30 heavy (non-hydrogen) atoms. The molecule has 3 aromatic heterocycles. The van der Waals surface area contributed by atoms with E-state index in [0.29, 0.717) is 24.3 Å². The Morgan fingerprint density at radius 2 is 1.90 bits per heavy atom. The highest BCUT2D eigenvalue weighted by Gasteiger charge is 2.16. The van der Waals surface area contributed by atoms with Gasteiger partial charge in [0.15, 0.2) is 17.3 Å². The number of hydrogen-bond acceptors (Lipinski definition) is 5. The van der Waals surface area contributed by atoms with Crippen LogP contribution in [0.15, 0.2) is 36.4 Å². The van der Waals surface area contributed by atoms with Gasteiger partial charge in [0.2, 0.25) is 5.91 Å². The third kappa shape index (κ3) is 3.80. The van der Waals surface area contributed by atoms with Crippen LogP contribution in [0.3, 0.4) is 0 Å². The van der Waals surface area contributed by atoms with Crippen molar-refractivity contribution in [2.75, 3.05) is 5.32 Å². The SMILES string of the molecule is CCc1cccc(NC(=O)CCc2c(C)nn(-c3ccc4nnc(C)n4n3)c2C)c1. The lowest BCUT2D eigenvalue weighted by Gasteiger charge is -2.08. The van der Waals surface area contributed by atoms with E-state index in [4.69, 9.17) is 0 Å². The maximum absolute atomic E-state index is 12.5. The molecule has 0 spiro atoms. The van der Waals surface area contributed by atoms with Crippen LogP contribution in [0, 0.1) is 20.8 Å². The van der Waals surface area contributed by atoms with Gasteiger partial charge in [0, 0.05) is 17.8 Å². The molecule has 0 bridgehead atoms. The summed E-state index contributed by atoms with van der Waals surface area (Å²) in [4.78, 5) is 12.5. The number of carbonyl (C=O) groups excluding carboxylic acids is 1. The number of benzene rings is 1. The maximum Gasteiger partial charge on any atom is 0.224 e. The number of carbonyl (C=O) groups is 1. The van der Waals surface area contributed by atoms with E-state index < -0.39 is 0 Å². The normalized spacial score (nSPS) is 11.2. The van der Waals surface area contributed by atoms with Crippen molar-refractivity contribution in [3.05, 3.63) is 64.7 Å². The van der Waals surface area contributed by atoms with Gasteiger partial charge in [0.25, 0.3) is 0 Å². The van der Waals surface area contributed by atoms with Crippen LogP contribution in [0.2, 0.25) is 0 Å². The topological polar surface area (TPSA) is 90.0 Å². The first-order valence-corrected chi connectivity index (χ1v) is 10.1. The van der Waals surface area contributed by atoms with Crippen molar-refractivity contribution in [3.63, 3.8) is 0 Å². The quantitative estimate of drug-likeness (QED) is 0.533. The Labute approximate surface area is 174 Å². The summed E-state index contributed by atoms with van der Waals surface area (Å²) in [6.07, 6.45) is 1.95. The standard InChI is InChI=1S/C22H25N7O/c1-5-17-7-6-8-18(13-17)23-22(30)12-9-19-14(2)26-28(15(19)3)21-11-10-20-25-24-16(4)29(20)27-21/h6-8,10-11,13H,5,9,12H2,1-4H3,(H,23,30). The summed E-state index contributed by atoms with van der Waals surface area (Å²) in [5.74, 6) is 1.41. The highest BCUT2D eigenvalue weighted by molar-refractivity contribution is 5.90. The zero-order chi connectivity index (χ0) is 21.3. The molecule has 0 saturated heterocycles. The second-order valence-corrected chi connectivity index (χ2v) is 7.37. The molecule has 0 aliphatic rings. The van der Waals surface area contributed by atoms with Gasteiger partial charge < -0.3 is 5.32 Å². The van der Waals surface area contributed by atoms with E-state index >= 15 is 0 Å². The highest BCUT2D eigenvalue weighted by atomic mass is 16.1. The van der Waals surface area contributed by atoms with E-state index in [1.165, 1.54) is 5.56 Å². The Hall–Kier alpha value is -3.55. The minimum absolute atomic E-state index is 0.00513. The molecule has 4 aromatic rings. The lowest BCUT2D eigenvalue weighted by atomic mass is 10.1. The van der Waals surface area contributed by atoms with Gasteiger partial charge in [-0.2, -0.15) is 9.61 Å². The Kier molecular flexibility index (Phi) is 5.31. The summed E-state index contributed by atoms with van der Waals surface area (Å²) in [5, 5.41) is 20.4. The number of anilines is 1. The number of nitrogens with zero attached hydrogens (tertiary/aromatic N) is 6. The van der Waals surface area contributed by atoms with Crippen LogP contribution in [0.25, 0.3) is 11.5 Å². The number of aryl methyl sites for hydroxylation is 3. The summed E-state index contributed by atoms with van der Waals surface area (Å²) >= 11 is 0. The van der Waals surface area contributed by atoms with Gasteiger partial charge in [-0.1, -0.05) is 19.1 Å². The van der Waals surface area contributed by atoms with Crippen molar-refractivity contribution in [1.29, 1.82) is 0 Å². The first-order valence-electron chi connectivity index (χ1n) is 10.1. The predicted molar refractivity (Wildman–Crippen MR) is 115 cm³/mol. The summed E-state index contributed by atoms with van der Waals surface area (Å²) < 4.78 is 3.51. The molecule has 1 N–H and O–H groups in total. The smallest absolute Gasteiger partial charge is 0.224 e. The largest absolute Gasteiger partial charge is 0.326 e. The molecule has 0 radical (unpaired) electrons. The summed E-state index contributed by atoms with van der Waals surface area (Å²) in [7, 11) is 0. The molecular weight excluding hydrogens is 378 g/mol. The van der Waals surface area contributed by atoms with Gasteiger partial charge in [-0.25, -0.2) is 4.68 Å². The van der Waals surface area contributed by atoms with Crippen molar-refractivity contribution in [3.8, 4) is 5.82 Å². The number of nitrogens with one attached hydrogen (secondary N) is 1. The van der Waals surface area contributed by atoms with Gasteiger partial charge in [0.05, 0.1) is 5.69 Å². The van der Waals surface area contributed by atoms with Crippen molar-refractivity contribution in [2.24, 2.45) is 0 Å². The molecule has 0 unspecified atom stereocenters. The Morgan fingerprint density at radius 1 is 1.07 bits per heavy atom. The lowest BCUT2D eigenvalue weighted by Crippen LogP contribution is -2.13. The highest BCUT2D eigenvalue weighted by Crippen LogP contribution is 2.19. The molecule has 0 atom stereocenters. The number of aromatic nitrogens is 6. The summed E-state index contributed by atoms with van der Waals surface area (Å²) in [5.41, 5.74) is 5.68. The van der Waals surface area contributed by atoms with Crippen LogP contribution in [-0.4, -0.2) is 35.5 Å². The van der Waals surface area contributed by atoms with Crippen molar-refractivity contribution in [1.82, 2.24) is 29.6 Å². The van der Waals surface area contributed by atoms with E-state index in [-0.39, 0.29) is 5.91 Å². The number of hydrogen-bond donors (Lipinski definition) is 1. The van der Waals surface area contributed by atoms with Gasteiger partial charge in [0.1, 0.15) is 0 Å². The van der Waals surface area contributed by atoms with Crippen LogP contribution in [0.4, 0.5) is 5.69 Å². The average molecular weight is 403 g/mol. The molecule has 0 saturated carbocycles. The summed E-state index contributed by atoms with van der Waals surface area (Å²) in [6.45, 7) is 7.92. The maximum atomic E-state index is 12.5. The second kappa shape index (κ2) is 8.06. The molecular formula is C22H25N7O. The van der Waals surface area contributed by atoms with Gasteiger partial charge in [-0.05, 0) is 69.0 Å². The molecule has 3 heterocycles. The molecule has 1 amide bonds. The fourth-order valence-electron chi connectivity index (χ4n) is 3.59. The minimum Gasteiger partial charge on any atom is -0.326 e. The minimum atomic E-state index is -0.00513. The number of rotatable bonds is 6. The van der Waals surface area contributed by atoms with Crippen LogP contribution in [0.5, 0.6) is 0 Å². The molecule has 0 fully saturated rings. The summed E-state index contributed by atoms with van der Waals surface area (Å²) in [6, 6.07) is 11.7. The van der Waals surface area contributed by atoms with Crippen molar-refractivity contribution >= 4 is 17.2 Å². The first-order chi connectivity index (χ1) is 14.5. The Bertz CT molecular complexity index is 1220. The third-order valence-electron chi connectivity index (χ3n) is 5.28. The zero-order valence-electron chi connectivity index (χ0n) is 17.7.